The first-order valence-corrected chi connectivity index (χ1v) is 11.1. The first-order chi connectivity index (χ1) is 16.8. The van der Waals surface area contributed by atoms with Crippen LogP contribution in [-0.4, -0.2) is 38.1 Å². The maximum absolute atomic E-state index is 13.5. The van der Waals surface area contributed by atoms with E-state index in [0.717, 1.165) is 11.1 Å². The van der Waals surface area contributed by atoms with Crippen LogP contribution in [0.5, 0.6) is 17.2 Å². The molecule has 1 fully saturated rings. The van der Waals surface area contributed by atoms with E-state index in [0.29, 0.717) is 28.5 Å². The maximum Gasteiger partial charge on any atom is 0.300 e. The van der Waals surface area contributed by atoms with Crippen LogP contribution >= 0.6 is 0 Å². The number of aryl methyl sites for hydroxylation is 2. The monoisotopic (exact) mass is 473 g/mol. The summed E-state index contributed by atoms with van der Waals surface area (Å²) in [5, 5.41) is 11.6. The average molecular weight is 474 g/mol. The predicted octanol–water partition coefficient (Wildman–Crippen LogP) is 4.96. The fourth-order valence-electron chi connectivity index (χ4n) is 4.41. The van der Waals surface area contributed by atoms with Crippen LogP contribution in [0.25, 0.3) is 5.76 Å². The van der Waals surface area contributed by atoms with Gasteiger partial charge in [-0.05, 0) is 60.9 Å². The van der Waals surface area contributed by atoms with Gasteiger partial charge in [0, 0.05) is 5.69 Å². The zero-order chi connectivity index (χ0) is 25.3. The van der Waals surface area contributed by atoms with Crippen LogP contribution in [0.4, 0.5) is 5.69 Å². The van der Waals surface area contributed by atoms with Crippen LogP contribution < -0.4 is 19.1 Å². The second-order valence-electron chi connectivity index (χ2n) is 8.27. The van der Waals surface area contributed by atoms with Crippen LogP contribution in [-0.2, 0) is 9.59 Å². The van der Waals surface area contributed by atoms with Gasteiger partial charge in [0.25, 0.3) is 11.7 Å². The van der Waals surface area contributed by atoms with Crippen LogP contribution in [0.3, 0.4) is 0 Å². The lowest BCUT2D eigenvalue weighted by Crippen LogP contribution is -2.30. The Morgan fingerprint density at radius 1 is 0.857 bits per heavy atom. The van der Waals surface area contributed by atoms with Gasteiger partial charge in [-0.25, -0.2) is 0 Å². The molecule has 3 aromatic rings. The lowest BCUT2D eigenvalue weighted by atomic mass is 9.94. The van der Waals surface area contributed by atoms with Crippen molar-refractivity contribution in [3.63, 3.8) is 0 Å². The smallest absolute Gasteiger partial charge is 0.300 e. The molecule has 1 unspecified atom stereocenters. The molecule has 1 amide bonds. The largest absolute Gasteiger partial charge is 0.506 e. The summed E-state index contributed by atoms with van der Waals surface area (Å²) in [7, 11) is 4.46. The molecule has 0 aliphatic carbocycles. The second-order valence-corrected chi connectivity index (χ2v) is 8.27. The molecular weight excluding hydrogens is 446 g/mol. The Morgan fingerprint density at radius 2 is 1.51 bits per heavy atom. The number of amides is 1. The molecule has 3 aromatic carbocycles. The summed E-state index contributed by atoms with van der Waals surface area (Å²) in [6, 6.07) is 16.9. The van der Waals surface area contributed by atoms with Gasteiger partial charge in [0.2, 0.25) is 0 Å². The molecule has 7 nitrogen and oxygen atoms in total. The number of anilines is 1. The molecule has 1 aliphatic heterocycles. The van der Waals surface area contributed by atoms with Crippen molar-refractivity contribution < 1.29 is 28.9 Å². The third-order valence-electron chi connectivity index (χ3n) is 6.14. The lowest BCUT2D eigenvalue weighted by molar-refractivity contribution is -0.132. The lowest BCUT2D eigenvalue weighted by Gasteiger charge is -2.27. The molecule has 1 heterocycles. The average Bonchev–Trinajstić information content (AvgIpc) is 3.14. The Hall–Kier alpha value is -4.26. The molecule has 1 saturated heterocycles. The van der Waals surface area contributed by atoms with Gasteiger partial charge in [0.15, 0.2) is 0 Å². The molecule has 35 heavy (non-hydrogen) atoms. The van der Waals surface area contributed by atoms with Crippen LogP contribution in [0.2, 0.25) is 0 Å². The number of carbonyl (C=O) groups is 2. The fourth-order valence-corrected chi connectivity index (χ4v) is 4.41. The summed E-state index contributed by atoms with van der Waals surface area (Å²) in [5.74, 6) is -0.735. The standard InChI is InChI=1S/C28H27NO6/c1-16-12-13-17(2)20(14-16)29-25(18-8-6-9-19(15-18)33-3)24(27(31)28(29)32)26(30)23-21(34-4)10-7-11-22(23)35-5/h6-15,25,30H,1-5H3/b26-24+. The Morgan fingerprint density at radius 3 is 2.14 bits per heavy atom. The van der Waals surface area contributed by atoms with E-state index in [1.165, 1.54) is 19.1 Å². The third-order valence-corrected chi connectivity index (χ3v) is 6.14. The molecule has 0 aromatic heterocycles. The summed E-state index contributed by atoms with van der Waals surface area (Å²) < 4.78 is 16.3. The highest BCUT2D eigenvalue weighted by Gasteiger charge is 2.48. The molecule has 1 aliphatic rings. The number of benzene rings is 3. The van der Waals surface area contributed by atoms with E-state index in [1.54, 1.807) is 49.6 Å². The summed E-state index contributed by atoms with van der Waals surface area (Å²) >= 11 is 0. The van der Waals surface area contributed by atoms with E-state index in [4.69, 9.17) is 14.2 Å². The molecule has 4 rings (SSSR count). The van der Waals surface area contributed by atoms with Gasteiger partial charge < -0.3 is 19.3 Å². The van der Waals surface area contributed by atoms with E-state index < -0.39 is 17.7 Å². The Kier molecular flexibility index (Phi) is 6.51. The van der Waals surface area contributed by atoms with Crippen molar-refractivity contribution in [1.82, 2.24) is 0 Å². The molecule has 0 radical (unpaired) electrons. The van der Waals surface area contributed by atoms with Crippen LogP contribution in [0, 0.1) is 13.8 Å². The van der Waals surface area contributed by atoms with Gasteiger partial charge in [-0.15, -0.1) is 0 Å². The number of carbonyl (C=O) groups excluding carboxylic acids is 2. The molecule has 180 valence electrons. The van der Waals surface area contributed by atoms with Gasteiger partial charge >= 0.3 is 0 Å². The van der Waals surface area contributed by atoms with Gasteiger partial charge in [-0.3, -0.25) is 14.5 Å². The molecule has 1 N–H and O–H groups in total. The van der Waals surface area contributed by atoms with Crippen molar-refractivity contribution in [3.05, 3.63) is 88.5 Å². The number of aliphatic hydroxyl groups is 1. The highest BCUT2D eigenvalue weighted by atomic mass is 16.5. The van der Waals surface area contributed by atoms with E-state index in [1.807, 2.05) is 32.0 Å². The SMILES string of the molecule is COc1cccc(C2/C(=C(\O)c3c(OC)cccc3OC)C(=O)C(=O)N2c2cc(C)ccc2C)c1. The number of nitrogens with zero attached hydrogens (tertiary/aromatic N) is 1. The number of methoxy groups -OCH3 is 3. The van der Waals surface area contributed by atoms with E-state index >= 15 is 0 Å². The van der Waals surface area contributed by atoms with Gasteiger partial charge in [0.1, 0.15) is 28.6 Å². The summed E-state index contributed by atoms with van der Waals surface area (Å²) in [6.45, 7) is 3.79. The number of aliphatic hydroxyl groups excluding tert-OH is 1. The Labute approximate surface area is 204 Å². The van der Waals surface area contributed by atoms with Crippen molar-refractivity contribution in [2.75, 3.05) is 26.2 Å². The number of ether oxygens (including phenoxy) is 3. The minimum absolute atomic E-state index is 0.0630. The quantitative estimate of drug-likeness (QED) is 0.310. The van der Waals surface area contributed by atoms with Crippen LogP contribution in [0.1, 0.15) is 28.3 Å². The van der Waals surface area contributed by atoms with Gasteiger partial charge in [-0.2, -0.15) is 0 Å². The number of hydrogen-bond acceptors (Lipinski definition) is 6. The summed E-state index contributed by atoms with van der Waals surface area (Å²) in [4.78, 5) is 28.5. The van der Waals surface area contributed by atoms with Crippen molar-refractivity contribution in [2.24, 2.45) is 0 Å². The molecular formula is C28H27NO6. The Balaban J connectivity index is 2.05. The minimum Gasteiger partial charge on any atom is -0.506 e. The Bertz CT molecular complexity index is 1320. The predicted molar refractivity (Wildman–Crippen MR) is 133 cm³/mol. The van der Waals surface area contributed by atoms with Crippen molar-refractivity contribution in [2.45, 2.75) is 19.9 Å². The zero-order valence-corrected chi connectivity index (χ0v) is 20.3. The second kappa shape index (κ2) is 9.54. The molecule has 0 bridgehead atoms. The van der Waals surface area contributed by atoms with Gasteiger partial charge in [0.05, 0.1) is 32.9 Å². The molecule has 7 heteroatoms. The highest BCUT2D eigenvalue weighted by molar-refractivity contribution is 6.51. The van der Waals surface area contributed by atoms with Crippen molar-refractivity contribution in [3.8, 4) is 17.2 Å². The van der Waals surface area contributed by atoms with E-state index in [9.17, 15) is 14.7 Å². The highest BCUT2D eigenvalue weighted by Crippen LogP contribution is 2.46. The number of rotatable bonds is 6. The van der Waals surface area contributed by atoms with Crippen LogP contribution in [0.15, 0.2) is 66.2 Å². The first-order valence-electron chi connectivity index (χ1n) is 11.1. The normalized spacial score (nSPS) is 16.9. The summed E-state index contributed by atoms with van der Waals surface area (Å²) in [6.07, 6.45) is 0. The van der Waals surface area contributed by atoms with E-state index in [-0.39, 0.29) is 16.9 Å². The minimum atomic E-state index is -0.903. The fraction of sp³-hybridized carbons (Fsp3) is 0.214. The zero-order valence-electron chi connectivity index (χ0n) is 20.3. The third kappa shape index (κ3) is 4.10. The number of hydrogen-bond donors (Lipinski definition) is 1. The summed E-state index contributed by atoms with van der Waals surface area (Å²) in [5.41, 5.74) is 3.09. The first kappa shape index (κ1) is 23.9. The van der Waals surface area contributed by atoms with Crippen molar-refractivity contribution >= 4 is 23.1 Å². The van der Waals surface area contributed by atoms with Crippen molar-refractivity contribution in [1.29, 1.82) is 0 Å². The van der Waals surface area contributed by atoms with Gasteiger partial charge in [-0.1, -0.05) is 30.3 Å². The molecule has 0 spiro atoms. The molecule has 1 atom stereocenters. The number of Topliss-reactive ketones (excluding diaryl/α,β-unsaturated/α-hetero) is 1. The maximum atomic E-state index is 13.5. The molecule has 0 saturated carbocycles. The number of ketones is 1. The van der Waals surface area contributed by atoms with E-state index in [2.05, 4.69) is 0 Å². The topological polar surface area (TPSA) is 85.3 Å².